The minimum atomic E-state index is -0.599. The molecule has 1 saturated carbocycles. The van der Waals surface area contributed by atoms with E-state index in [1.807, 2.05) is 0 Å². The topological polar surface area (TPSA) is 60.4 Å². The molecule has 0 aromatic rings. The summed E-state index contributed by atoms with van der Waals surface area (Å²) >= 11 is 0. The Bertz CT molecular complexity index is 234. The highest BCUT2D eigenvalue weighted by molar-refractivity contribution is 5.95. The number of carbonyl (C=O) groups is 3. The summed E-state index contributed by atoms with van der Waals surface area (Å²) in [7, 11) is 1.31. The van der Waals surface area contributed by atoms with Crippen molar-refractivity contribution in [2.45, 2.75) is 19.3 Å². The maximum Gasteiger partial charge on any atom is 0.308 e. The van der Waals surface area contributed by atoms with E-state index in [2.05, 4.69) is 4.74 Å². The third-order valence-electron chi connectivity index (χ3n) is 2.39. The molecule has 0 aromatic carbocycles. The van der Waals surface area contributed by atoms with Gasteiger partial charge in [-0.2, -0.15) is 0 Å². The number of rotatable bonds is 2. The van der Waals surface area contributed by atoms with Crippen molar-refractivity contribution >= 4 is 18.0 Å². The number of ether oxygens (including phenoxy) is 1. The van der Waals surface area contributed by atoms with E-state index >= 15 is 0 Å². The highest BCUT2D eigenvalue weighted by Gasteiger charge is 2.32. The quantitative estimate of drug-likeness (QED) is 0.353. The summed E-state index contributed by atoms with van der Waals surface area (Å²) in [4.78, 5) is 32.6. The van der Waals surface area contributed by atoms with Gasteiger partial charge in [0, 0.05) is 6.42 Å². The largest absolute Gasteiger partial charge is 0.469 e. The zero-order valence-corrected chi connectivity index (χ0v) is 7.49. The second-order valence-electron chi connectivity index (χ2n) is 3.20. The van der Waals surface area contributed by atoms with Crippen LogP contribution in [0.1, 0.15) is 19.3 Å². The van der Waals surface area contributed by atoms with Crippen LogP contribution in [0.25, 0.3) is 0 Å². The van der Waals surface area contributed by atoms with E-state index in [-0.39, 0.29) is 17.7 Å². The van der Waals surface area contributed by atoms with Crippen molar-refractivity contribution in [2.75, 3.05) is 7.11 Å². The van der Waals surface area contributed by atoms with Crippen LogP contribution in [0.3, 0.4) is 0 Å². The van der Waals surface area contributed by atoms with E-state index in [4.69, 9.17) is 0 Å². The number of methoxy groups -OCH3 is 1. The van der Waals surface area contributed by atoms with E-state index in [0.717, 1.165) is 0 Å². The van der Waals surface area contributed by atoms with Gasteiger partial charge in [-0.25, -0.2) is 0 Å². The third kappa shape index (κ3) is 2.14. The predicted molar refractivity (Wildman–Crippen MR) is 43.9 cm³/mol. The molecule has 0 bridgehead atoms. The molecule has 1 aliphatic rings. The minimum absolute atomic E-state index is 0.0600. The molecule has 1 rings (SSSR count). The van der Waals surface area contributed by atoms with E-state index in [1.165, 1.54) is 7.11 Å². The molecule has 13 heavy (non-hydrogen) atoms. The molecular formula is C9H12O4. The number of ketones is 1. The number of esters is 1. The van der Waals surface area contributed by atoms with Crippen molar-refractivity contribution in [3.05, 3.63) is 0 Å². The molecule has 0 aromatic heterocycles. The van der Waals surface area contributed by atoms with Crippen molar-refractivity contribution < 1.29 is 19.1 Å². The van der Waals surface area contributed by atoms with Crippen LogP contribution in [0.2, 0.25) is 0 Å². The second-order valence-corrected chi connectivity index (χ2v) is 3.20. The van der Waals surface area contributed by atoms with Gasteiger partial charge in [-0.05, 0) is 12.8 Å². The van der Waals surface area contributed by atoms with Gasteiger partial charge in [-0.3, -0.25) is 9.59 Å². The standard InChI is InChI=1S/C9H12O4/c1-13-9(12)6-2-3-8(11)7(4-6)5-10/h5-7H,2-4H2,1H3. The summed E-state index contributed by atoms with van der Waals surface area (Å²) < 4.78 is 4.55. The minimum Gasteiger partial charge on any atom is -0.469 e. The lowest BCUT2D eigenvalue weighted by molar-refractivity contribution is -0.148. The normalized spacial score (nSPS) is 28.2. The highest BCUT2D eigenvalue weighted by Crippen LogP contribution is 2.25. The Kier molecular flexibility index (Phi) is 3.17. The van der Waals surface area contributed by atoms with Gasteiger partial charge in [0.1, 0.15) is 12.1 Å². The van der Waals surface area contributed by atoms with Crippen LogP contribution in [0.4, 0.5) is 0 Å². The molecular weight excluding hydrogens is 172 g/mol. The molecule has 72 valence electrons. The Labute approximate surface area is 76.3 Å². The first-order valence-corrected chi connectivity index (χ1v) is 4.25. The average Bonchev–Trinajstić information content (AvgIpc) is 2.17. The molecule has 1 aliphatic carbocycles. The Morgan fingerprint density at radius 2 is 2.31 bits per heavy atom. The van der Waals surface area contributed by atoms with Gasteiger partial charge < -0.3 is 9.53 Å². The van der Waals surface area contributed by atoms with E-state index in [1.54, 1.807) is 0 Å². The predicted octanol–water partition coefficient (Wildman–Crippen LogP) is 0.344. The molecule has 4 heteroatoms. The summed E-state index contributed by atoms with van der Waals surface area (Å²) in [6.45, 7) is 0. The zero-order chi connectivity index (χ0) is 9.84. The maximum absolute atomic E-state index is 11.1. The lowest BCUT2D eigenvalue weighted by Crippen LogP contribution is -2.30. The molecule has 0 N–H and O–H groups in total. The fraction of sp³-hybridized carbons (Fsp3) is 0.667. The van der Waals surface area contributed by atoms with Crippen LogP contribution in [0.5, 0.6) is 0 Å². The Hall–Kier alpha value is -1.19. The van der Waals surface area contributed by atoms with E-state index < -0.39 is 5.92 Å². The third-order valence-corrected chi connectivity index (χ3v) is 2.39. The van der Waals surface area contributed by atoms with Gasteiger partial charge in [0.05, 0.1) is 18.9 Å². The van der Waals surface area contributed by atoms with Gasteiger partial charge in [0.25, 0.3) is 0 Å². The average molecular weight is 184 g/mol. The van der Waals surface area contributed by atoms with Crippen molar-refractivity contribution in [1.82, 2.24) is 0 Å². The number of hydrogen-bond acceptors (Lipinski definition) is 4. The molecule has 0 amide bonds. The number of carbonyl (C=O) groups excluding carboxylic acids is 3. The zero-order valence-electron chi connectivity index (χ0n) is 7.49. The lowest BCUT2D eigenvalue weighted by atomic mass is 9.81. The Morgan fingerprint density at radius 3 is 2.85 bits per heavy atom. The smallest absolute Gasteiger partial charge is 0.308 e. The van der Waals surface area contributed by atoms with Gasteiger partial charge in [-0.1, -0.05) is 0 Å². The van der Waals surface area contributed by atoms with E-state index in [0.29, 0.717) is 25.5 Å². The van der Waals surface area contributed by atoms with Gasteiger partial charge in [-0.15, -0.1) is 0 Å². The molecule has 0 saturated heterocycles. The SMILES string of the molecule is COC(=O)C1CCC(=O)C(C=O)C1. The Morgan fingerprint density at radius 1 is 1.62 bits per heavy atom. The molecule has 0 spiro atoms. The first-order valence-electron chi connectivity index (χ1n) is 4.25. The highest BCUT2D eigenvalue weighted by atomic mass is 16.5. The number of hydrogen-bond donors (Lipinski definition) is 0. The summed E-state index contributed by atoms with van der Waals surface area (Å²) in [5.41, 5.74) is 0. The summed E-state index contributed by atoms with van der Waals surface area (Å²) in [6.07, 6.45) is 1.76. The molecule has 1 fully saturated rings. The van der Waals surface area contributed by atoms with Crippen LogP contribution in [0, 0.1) is 11.8 Å². The van der Waals surface area contributed by atoms with Gasteiger partial charge in [0.2, 0.25) is 0 Å². The maximum atomic E-state index is 11.1. The van der Waals surface area contributed by atoms with Gasteiger partial charge in [0.15, 0.2) is 0 Å². The van der Waals surface area contributed by atoms with Crippen LogP contribution >= 0.6 is 0 Å². The summed E-state index contributed by atoms with van der Waals surface area (Å²) in [6, 6.07) is 0. The fourth-order valence-corrected chi connectivity index (χ4v) is 1.57. The first-order chi connectivity index (χ1) is 6.19. The molecule has 0 radical (unpaired) electrons. The molecule has 0 aliphatic heterocycles. The fourth-order valence-electron chi connectivity index (χ4n) is 1.57. The molecule has 2 unspecified atom stereocenters. The summed E-state index contributed by atoms with van der Waals surface area (Å²) in [5.74, 6) is -1.26. The van der Waals surface area contributed by atoms with Crippen LogP contribution in [0.15, 0.2) is 0 Å². The number of Topliss-reactive ketones (excluding diaryl/α,β-unsaturated/α-hetero) is 1. The van der Waals surface area contributed by atoms with Gasteiger partial charge >= 0.3 is 5.97 Å². The van der Waals surface area contributed by atoms with E-state index in [9.17, 15) is 14.4 Å². The van der Waals surface area contributed by atoms with Crippen molar-refractivity contribution in [3.8, 4) is 0 Å². The molecule has 4 nitrogen and oxygen atoms in total. The lowest BCUT2D eigenvalue weighted by Gasteiger charge is -2.22. The van der Waals surface area contributed by atoms with Crippen molar-refractivity contribution in [3.63, 3.8) is 0 Å². The van der Waals surface area contributed by atoms with Crippen molar-refractivity contribution in [2.24, 2.45) is 11.8 Å². The second kappa shape index (κ2) is 4.16. The number of aldehydes is 1. The van der Waals surface area contributed by atoms with Crippen molar-refractivity contribution in [1.29, 1.82) is 0 Å². The van der Waals surface area contributed by atoms with Crippen LogP contribution in [-0.4, -0.2) is 25.1 Å². The van der Waals surface area contributed by atoms with Crippen LogP contribution in [-0.2, 0) is 19.1 Å². The molecule has 2 atom stereocenters. The first kappa shape index (κ1) is 9.89. The summed E-state index contributed by atoms with van der Waals surface area (Å²) in [5, 5.41) is 0. The Balaban J connectivity index is 2.59. The monoisotopic (exact) mass is 184 g/mol. The van der Waals surface area contributed by atoms with Crippen LogP contribution < -0.4 is 0 Å². The molecule has 0 heterocycles.